The molecular weight excluding hydrogens is 244 g/mol. The molecule has 0 aliphatic heterocycles. The third kappa shape index (κ3) is 3.81. The fourth-order valence-corrected chi connectivity index (χ4v) is 1.88. The number of aliphatic carboxylic acids is 1. The van der Waals surface area contributed by atoms with Crippen LogP contribution in [0.4, 0.5) is 0 Å². The quantitative estimate of drug-likeness (QED) is 0.820. The van der Waals surface area contributed by atoms with Gasteiger partial charge in [0.2, 0.25) is 0 Å². The second kappa shape index (κ2) is 5.43. The van der Waals surface area contributed by atoms with Gasteiger partial charge in [0, 0.05) is 17.5 Å². The van der Waals surface area contributed by atoms with E-state index in [-0.39, 0.29) is 29.8 Å². The summed E-state index contributed by atoms with van der Waals surface area (Å²) < 4.78 is 0. The van der Waals surface area contributed by atoms with E-state index < -0.39 is 5.97 Å². The molecule has 0 unspecified atom stereocenters. The van der Waals surface area contributed by atoms with Crippen LogP contribution in [0, 0.1) is 6.92 Å². The maximum absolute atomic E-state index is 11.9. The number of phenols is 1. The van der Waals surface area contributed by atoms with Crippen LogP contribution in [-0.4, -0.2) is 22.0 Å². The molecule has 0 saturated carbocycles. The minimum Gasteiger partial charge on any atom is -0.507 e. The van der Waals surface area contributed by atoms with Crippen molar-refractivity contribution in [2.45, 2.75) is 46.0 Å². The van der Waals surface area contributed by atoms with Crippen molar-refractivity contribution in [3.05, 3.63) is 28.8 Å². The predicted molar refractivity (Wildman–Crippen MR) is 72.7 cm³/mol. The van der Waals surface area contributed by atoms with E-state index in [2.05, 4.69) is 0 Å². The van der Waals surface area contributed by atoms with Gasteiger partial charge in [0.1, 0.15) is 5.75 Å². The van der Waals surface area contributed by atoms with Gasteiger partial charge in [-0.3, -0.25) is 9.59 Å². The molecule has 19 heavy (non-hydrogen) atoms. The zero-order valence-electron chi connectivity index (χ0n) is 11.8. The maximum atomic E-state index is 11.9. The fourth-order valence-electron chi connectivity index (χ4n) is 1.88. The van der Waals surface area contributed by atoms with Gasteiger partial charge in [-0.15, -0.1) is 0 Å². The number of Topliss-reactive ketones (excluding diaryl/α,β-unsaturated/α-hetero) is 1. The number of carboxylic acids is 1. The molecule has 0 spiro atoms. The van der Waals surface area contributed by atoms with Gasteiger partial charge >= 0.3 is 5.97 Å². The minimum atomic E-state index is -0.986. The molecule has 2 N–H and O–H groups in total. The van der Waals surface area contributed by atoms with Crippen LogP contribution in [0.15, 0.2) is 12.1 Å². The van der Waals surface area contributed by atoms with Crippen LogP contribution in [0.1, 0.15) is 55.1 Å². The van der Waals surface area contributed by atoms with Crippen LogP contribution in [-0.2, 0) is 10.2 Å². The summed E-state index contributed by atoms with van der Waals surface area (Å²) in [6, 6.07) is 3.27. The smallest absolute Gasteiger partial charge is 0.303 e. The number of rotatable bonds is 4. The Balaban J connectivity index is 3.14. The van der Waals surface area contributed by atoms with Crippen LogP contribution < -0.4 is 0 Å². The first kappa shape index (κ1) is 15.2. The lowest BCUT2D eigenvalue weighted by molar-refractivity contribution is -0.136. The lowest BCUT2D eigenvalue weighted by atomic mass is 9.83. The van der Waals surface area contributed by atoms with Gasteiger partial charge in [0.25, 0.3) is 0 Å². The number of benzene rings is 1. The molecule has 0 heterocycles. The molecule has 0 fully saturated rings. The van der Waals surface area contributed by atoms with Gasteiger partial charge in [-0.25, -0.2) is 0 Å². The highest BCUT2D eigenvalue weighted by molar-refractivity contribution is 5.98. The zero-order valence-corrected chi connectivity index (χ0v) is 11.8. The molecule has 0 radical (unpaired) electrons. The van der Waals surface area contributed by atoms with Crippen molar-refractivity contribution in [2.24, 2.45) is 0 Å². The molecule has 4 nitrogen and oxygen atoms in total. The van der Waals surface area contributed by atoms with E-state index in [0.29, 0.717) is 16.7 Å². The summed E-state index contributed by atoms with van der Waals surface area (Å²) >= 11 is 0. The first-order chi connectivity index (χ1) is 8.62. The maximum Gasteiger partial charge on any atom is 0.303 e. The van der Waals surface area contributed by atoms with Crippen molar-refractivity contribution in [2.75, 3.05) is 0 Å². The van der Waals surface area contributed by atoms with E-state index in [9.17, 15) is 14.7 Å². The van der Waals surface area contributed by atoms with Gasteiger partial charge < -0.3 is 10.2 Å². The van der Waals surface area contributed by atoms with E-state index in [1.165, 1.54) is 0 Å². The van der Waals surface area contributed by atoms with Crippen molar-refractivity contribution in [3.63, 3.8) is 0 Å². The van der Waals surface area contributed by atoms with Gasteiger partial charge in [-0.1, -0.05) is 20.8 Å². The van der Waals surface area contributed by atoms with E-state index in [1.54, 1.807) is 19.1 Å². The van der Waals surface area contributed by atoms with E-state index in [0.717, 1.165) is 0 Å². The number of carbonyl (C=O) groups excluding carboxylic acids is 1. The molecule has 4 heteroatoms. The van der Waals surface area contributed by atoms with Crippen molar-refractivity contribution in [1.82, 2.24) is 0 Å². The predicted octanol–water partition coefficient (Wildman–Crippen LogP) is 3.05. The standard InChI is InChI=1S/C15H20O4/c1-9-7-10(12(16)5-6-13(17)18)8-11(14(9)19)15(2,3)4/h7-8,19H,5-6H2,1-4H3,(H,17,18). The van der Waals surface area contributed by atoms with Gasteiger partial charge in [0.05, 0.1) is 6.42 Å². The summed E-state index contributed by atoms with van der Waals surface area (Å²) in [5.41, 5.74) is 1.51. The highest BCUT2D eigenvalue weighted by Gasteiger charge is 2.21. The number of hydrogen-bond donors (Lipinski definition) is 2. The highest BCUT2D eigenvalue weighted by atomic mass is 16.4. The first-order valence-electron chi connectivity index (χ1n) is 6.22. The molecule has 0 amide bonds. The normalized spacial score (nSPS) is 11.4. The summed E-state index contributed by atoms with van der Waals surface area (Å²) in [5, 5.41) is 18.7. The second-order valence-corrected chi connectivity index (χ2v) is 5.76. The second-order valence-electron chi connectivity index (χ2n) is 5.76. The topological polar surface area (TPSA) is 74.6 Å². The average Bonchev–Trinajstić information content (AvgIpc) is 2.27. The third-order valence-corrected chi connectivity index (χ3v) is 3.00. The molecule has 0 atom stereocenters. The molecule has 0 bridgehead atoms. The van der Waals surface area contributed by atoms with Crippen molar-refractivity contribution in [1.29, 1.82) is 0 Å². The molecule has 1 aromatic rings. The number of aromatic hydroxyl groups is 1. The lowest BCUT2D eigenvalue weighted by Crippen LogP contribution is -2.14. The Kier molecular flexibility index (Phi) is 4.35. The SMILES string of the molecule is Cc1cc(C(=O)CCC(=O)O)cc(C(C)(C)C)c1O. The Hall–Kier alpha value is -1.84. The number of aryl methyl sites for hydroxylation is 1. The Bertz CT molecular complexity index is 510. The Morgan fingerprint density at radius 3 is 2.21 bits per heavy atom. The summed E-state index contributed by atoms with van der Waals surface area (Å²) in [4.78, 5) is 22.4. The molecular formula is C15H20O4. The summed E-state index contributed by atoms with van der Waals surface area (Å²) in [6.45, 7) is 7.59. The van der Waals surface area contributed by atoms with Crippen LogP contribution in [0.25, 0.3) is 0 Å². The molecule has 1 aromatic carbocycles. The number of carbonyl (C=O) groups is 2. The van der Waals surface area contributed by atoms with Crippen molar-refractivity contribution in [3.8, 4) is 5.75 Å². The molecule has 0 saturated heterocycles. The van der Waals surface area contributed by atoms with Crippen LogP contribution in [0.3, 0.4) is 0 Å². The van der Waals surface area contributed by atoms with Gasteiger partial charge in [-0.2, -0.15) is 0 Å². The van der Waals surface area contributed by atoms with Crippen LogP contribution >= 0.6 is 0 Å². The lowest BCUT2D eigenvalue weighted by Gasteiger charge is -2.22. The Morgan fingerprint density at radius 2 is 1.74 bits per heavy atom. The van der Waals surface area contributed by atoms with Crippen molar-refractivity contribution >= 4 is 11.8 Å². The average molecular weight is 264 g/mol. The number of ketones is 1. The zero-order chi connectivity index (χ0) is 14.8. The summed E-state index contributed by atoms with van der Waals surface area (Å²) in [6.07, 6.45) is -0.202. The molecule has 1 rings (SSSR count). The van der Waals surface area contributed by atoms with E-state index >= 15 is 0 Å². The molecule has 0 aromatic heterocycles. The fraction of sp³-hybridized carbons (Fsp3) is 0.467. The molecule has 104 valence electrons. The number of carboxylic acid groups (broad SMARTS) is 1. The van der Waals surface area contributed by atoms with Crippen LogP contribution in [0.5, 0.6) is 5.75 Å². The largest absolute Gasteiger partial charge is 0.507 e. The first-order valence-corrected chi connectivity index (χ1v) is 6.22. The highest BCUT2D eigenvalue weighted by Crippen LogP contribution is 2.34. The number of phenolic OH excluding ortho intramolecular Hbond substituents is 1. The third-order valence-electron chi connectivity index (χ3n) is 3.00. The summed E-state index contributed by atoms with van der Waals surface area (Å²) in [5.74, 6) is -1.00. The monoisotopic (exact) mass is 264 g/mol. The van der Waals surface area contributed by atoms with Gasteiger partial charge in [-0.05, 0) is 30.0 Å². The Labute approximate surface area is 113 Å². The van der Waals surface area contributed by atoms with Gasteiger partial charge in [0.15, 0.2) is 5.78 Å². The Morgan fingerprint density at radius 1 is 1.16 bits per heavy atom. The number of hydrogen-bond acceptors (Lipinski definition) is 3. The summed E-state index contributed by atoms with van der Waals surface area (Å²) in [7, 11) is 0. The molecule has 0 aliphatic carbocycles. The minimum absolute atomic E-state index is 0.0247. The van der Waals surface area contributed by atoms with Crippen molar-refractivity contribution < 1.29 is 19.8 Å². The van der Waals surface area contributed by atoms with E-state index in [1.807, 2.05) is 20.8 Å². The van der Waals surface area contributed by atoms with Crippen LogP contribution in [0.2, 0.25) is 0 Å². The molecule has 0 aliphatic rings. The van der Waals surface area contributed by atoms with E-state index in [4.69, 9.17) is 5.11 Å².